The zero-order chi connectivity index (χ0) is 13.2. The molecule has 2 rings (SSSR count). The summed E-state index contributed by atoms with van der Waals surface area (Å²) in [5.74, 6) is 0. The Kier molecular flexibility index (Phi) is 3.96. The van der Waals surface area contributed by atoms with E-state index in [-0.39, 0.29) is 6.61 Å². The summed E-state index contributed by atoms with van der Waals surface area (Å²) in [7, 11) is 0. The van der Waals surface area contributed by atoms with Crippen molar-refractivity contribution in [3.05, 3.63) is 28.9 Å². The van der Waals surface area contributed by atoms with E-state index in [9.17, 15) is 5.11 Å². The highest BCUT2D eigenvalue weighted by molar-refractivity contribution is 9.10. The zero-order valence-corrected chi connectivity index (χ0v) is 11.6. The summed E-state index contributed by atoms with van der Waals surface area (Å²) in [4.78, 5) is 8.32. The maximum Gasteiger partial charge on any atom is 0.155 e. The second-order valence-electron chi connectivity index (χ2n) is 4.45. The molecule has 0 radical (unpaired) electrons. The topological polar surface area (TPSA) is 82.7 Å². The first-order valence-electron chi connectivity index (χ1n) is 5.53. The van der Waals surface area contributed by atoms with Crippen LogP contribution in [0.1, 0.15) is 12.6 Å². The molecule has 0 aliphatic carbocycles. The molecule has 1 atom stereocenters. The molecule has 0 aromatic carbocycles. The third-order valence-corrected chi connectivity index (χ3v) is 3.00. The summed E-state index contributed by atoms with van der Waals surface area (Å²) in [5, 5.41) is 21.7. The van der Waals surface area contributed by atoms with Crippen LogP contribution in [-0.2, 0) is 6.54 Å². The molecule has 2 heterocycles. The molecule has 2 aromatic rings. The summed E-state index contributed by atoms with van der Waals surface area (Å²) < 4.78 is 2.65. The minimum atomic E-state index is -1.11. The lowest BCUT2D eigenvalue weighted by atomic mass is 10.1. The minimum Gasteiger partial charge on any atom is -0.393 e. The first-order valence-corrected chi connectivity index (χ1v) is 6.32. The third kappa shape index (κ3) is 3.05. The van der Waals surface area contributed by atoms with Crippen LogP contribution in [0.15, 0.2) is 23.2 Å². The van der Waals surface area contributed by atoms with Gasteiger partial charge in [-0.2, -0.15) is 0 Å². The monoisotopic (exact) mass is 314 g/mol. The summed E-state index contributed by atoms with van der Waals surface area (Å²) in [5.41, 5.74) is 0.619. The van der Waals surface area contributed by atoms with E-state index in [2.05, 4.69) is 31.2 Å². The van der Waals surface area contributed by atoms with Gasteiger partial charge >= 0.3 is 0 Å². The molecule has 18 heavy (non-hydrogen) atoms. The molecule has 0 amide bonds. The largest absolute Gasteiger partial charge is 0.393 e. The number of aromatic nitrogens is 3. The van der Waals surface area contributed by atoms with Gasteiger partial charge in [0, 0.05) is 19.3 Å². The number of aliphatic hydroxyl groups is 2. The Balaban J connectivity index is 2.06. The third-order valence-electron chi connectivity index (χ3n) is 2.59. The Labute approximate surface area is 113 Å². The summed E-state index contributed by atoms with van der Waals surface area (Å²) in [6, 6.07) is 0. The minimum absolute atomic E-state index is 0.275. The highest BCUT2D eigenvalue weighted by Gasteiger charge is 2.18. The predicted octanol–water partition coefficient (Wildman–Crippen LogP) is 0.325. The number of halogens is 1. The molecule has 0 aliphatic rings. The molecule has 3 N–H and O–H groups in total. The van der Waals surface area contributed by atoms with Gasteiger partial charge in [-0.25, -0.2) is 9.97 Å². The average molecular weight is 315 g/mol. The second kappa shape index (κ2) is 5.31. The summed E-state index contributed by atoms with van der Waals surface area (Å²) >= 11 is 3.31. The number of aliphatic hydroxyl groups excluding tert-OH is 1. The number of hydrogen-bond acceptors (Lipinski definition) is 5. The number of nitrogens with one attached hydrogen (secondary N) is 1. The van der Waals surface area contributed by atoms with Crippen LogP contribution < -0.4 is 5.32 Å². The first kappa shape index (κ1) is 13.4. The smallest absolute Gasteiger partial charge is 0.155 e. The number of fused-ring (bicyclic) bond motifs is 1. The zero-order valence-electron chi connectivity index (χ0n) is 9.97. The molecule has 0 bridgehead atoms. The van der Waals surface area contributed by atoms with Crippen LogP contribution in [0.4, 0.5) is 0 Å². The van der Waals surface area contributed by atoms with Crippen molar-refractivity contribution in [1.82, 2.24) is 19.7 Å². The van der Waals surface area contributed by atoms with Crippen LogP contribution in [0.3, 0.4) is 0 Å². The summed E-state index contributed by atoms with van der Waals surface area (Å²) in [6.45, 7) is 2.16. The predicted molar refractivity (Wildman–Crippen MR) is 70.1 cm³/mol. The van der Waals surface area contributed by atoms with Gasteiger partial charge < -0.3 is 15.5 Å². The van der Waals surface area contributed by atoms with Crippen molar-refractivity contribution >= 4 is 21.6 Å². The van der Waals surface area contributed by atoms with Crippen LogP contribution in [0.25, 0.3) is 5.65 Å². The van der Waals surface area contributed by atoms with Crippen LogP contribution in [0.2, 0.25) is 0 Å². The Morgan fingerprint density at radius 3 is 2.94 bits per heavy atom. The first-order chi connectivity index (χ1) is 8.52. The summed E-state index contributed by atoms with van der Waals surface area (Å²) in [6.07, 6.45) is 5.27. The van der Waals surface area contributed by atoms with Gasteiger partial charge in [-0.15, -0.1) is 0 Å². The lowest BCUT2D eigenvalue weighted by molar-refractivity contribution is 0.00247. The van der Waals surface area contributed by atoms with Gasteiger partial charge in [0.1, 0.15) is 4.60 Å². The fraction of sp³-hybridized carbons (Fsp3) is 0.455. The van der Waals surface area contributed by atoms with Crippen LogP contribution in [0, 0.1) is 0 Å². The van der Waals surface area contributed by atoms with Gasteiger partial charge in [0.2, 0.25) is 0 Å². The van der Waals surface area contributed by atoms with Crippen molar-refractivity contribution < 1.29 is 10.2 Å². The van der Waals surface area contributed by atoms with E-state index in [1.165, 1.54) is 0 Å². The van der Waals surface area contributed by atoms with Crippen LogP contribution >= 0.6 is 15.9 Å². The van der Waals surface area contributed by atoms with E-state index in [4.69, 9.17) is 5.11 Å². The highest BCUT2D eigenvalue weighted by Crippen LogP contribution is 2.10. The SMILES string of the molecule is CC(O)(CO)CNCc1cnc2cnc(Br)cn12. The van der Waals surface area contributed by atoms with Crippen molar-refractivity contribution in [3.63, 3.8) is 0 Å². The molecule has 0 saturated heterocycles. The average Bonchev–Trinajstić information content (AvgIpc) is 2.72. The van der Waals surface area contributed by atoms with E-state index >= 15 is 0 Å². The van der Waals surface area contributed by atoms with Crippen molar-refractivity contribution in [2.75, 3.05) is 13.2 Å². The standard InChI is InChI=1S/C11H15BrN4O2/c1-11(18,7-17)6-13-2-8-3-15-10-4-14-9(12)5-16(8)10/h3-5,13,17-18H,2,6-7H2,1H3. The van der Waals surface area contributed by atoms with Crippen LogP contribution in [-0.4, -0.2) is 43.3 Å². The van der Waals surface area contributed by atoms with Crippen molar-refractivity contribution in [2.24, 2.45) is 0 Å². The molecule has 7 heteroatoms. The maximum absolute atomic E-state index is 9.66. The van der Waals surface area contributed by atoms with Gasteiger partial charge in [-0.1, -0.05) is 0 Å². The van der Waals surface area contributed by atoms with E-state index in [1.807, 2.05) is 10.6 Å². The lowest BCUT2D eigenvalue weighted by Crippen LogP contribution is -2.40. The van der Waals surface area contributed by atoms with Gasteiger partial charge in [0.05, 0.1) is 30.3 Å². The Morgan fingerprint density at radius 1 is 1.44 bits per heavy atom. The Morgan fingerprint density at radius 2 is 2.22 bits per heavy atom. The van der Waals surface area contributed by atoms with Crippen LogP contribution in [0.5, 0.6) is 0 Å². The number of nitrogens with zero attached hydrogens (tertiary/aromatic N) is 3. The molecular formula is C11H15BrN4O2. The Hall–Kier alpha value is -1.02. The van der Waals surface area contributed by atoms with Crippen molar-refractivity contribution in [2.45, 2.75) is 19.1 Å². The van der Waals surface area contributed by atoms with Gasteiger partial charge in [0.15, 0.2) is 5.65 Å². The number of rotatable bonds is 5. The van der Waals surface area contributed by atoms with E-state index < -0.39 is 5.60 Å². The molecule has 2 aromatic heterocycles. The fourth-order valence-electron chi connectivity index (χ4n) is 1.56. The fourth-order valence-corrected chi connectivity index (χ4v) is 1.87. The lowest BCUT2D eigenvalue weighted by Gasteiger charge is -2.20. The molecule has 1 unspecified atom stereocenters. The molecule has 6 nitrogen and oxygen atoms in total. The normalized spacial score (nSPS) is 14.9. The molecule has 0 aliphatic heterocycles. The van der Waals surface area contributed by atoms with Crippen molar-refractivity contribution in [1.29, 1.82) is 0 Å². The molecule has 0 fully saturated rings. The maximum atomic E-state index is 9.66. The van der Waals surface area contributed by atoms with Gasteiger partial charge in [-0.05, 0) is 22.9 Å². The Bertz CT molecular complexity index is 541. The van der Waals surface area contributed by atoms with Gasteiger partial charge in [0.25, 0.3) is 0 Å². The number of hydrogen-bond donors (Lipinski definition) is 3. The molecule has 0 saturated carbocycles. The van der Waals surface area contributed by atoms with Gasteiger partial charge in [-0.3, -0.25) is 4.40 Å². The number of imidazole rings is 1. The second-order valence-corrected chi connectivity index (χ2v) is 5.26. The van der Waals surface area contributed by atoms with Crippen molar-refractivity contribution in [3.8, 4) is 0 Å². The van der Waals surface area contributed by atoms with E-state index in [1.54, 1.807) is 19.3 Å². The molecule has 98 valence electrons. The van der Waals surface area contributed by atoms with E-state index in [0.29, 0.717) is 13.1 Å². The quantitative estimate of drug-likeness (QED) is 0.740. The molecular weight excluding hydrogens is 300 g/mol. The highest BCUT2D eigenvalue weighted by atomic mass is 79.9. The molecule has 0 spiro atoms. The van der Waals surface area contributed by atoms with E-state index in [0.717, 1.165) is 15.9 Å².